The molecule has 0 aromatic heterocycles. The van der Waals surface area contributed by atoms with E-state index in [9.17, 15) is 22.8 Å². The van der Waals surface area contributed by atoms with Crippen LogP contribution in [0.25, 0.3) is 0 Å². The van der Waals surface area contributed by atoms with Gasteiger partial charge in [0.05, 0.1) is 4.90 Å². The first kappa shape index (κ1) is 21.8. The topological polar surface area (TPSA) is 128 Å². The maximum absolute atomic E-state index is 12.5. The largest absolute Gasteiger partial charge is 0.419 e. The van der Waals surface area contributed by atoms with E-state index in [0.717, 1.165) is 19.0 Å². The summed E-state index contributed by atoms with van der Waals surface area (Å²) in [5.74, 6) is -3.48. The lowest BCUT2D eigenvalue weighted by atomic mass is 9.88. The van der Waals surface area contributed by atoms with E-state index in [1.165, 1.54) is 38.1 Å². The molecule has 0 spiro atoms. The third-order valence-electron chi connectivity index (χ3n) is 5.15. The van der Waals surface area contributed by atoms with Crippen LogP contribution in [-0.2, 0) is 33.9 Å². The van der Waals surface area contributed by atoms with Crippen molar-refractivity contribution in [2.45, 2.75) is 57.1 Å². The summed E-state index contributed by atoms with van der Waals surface area (Å²) in [5.41, 5.74) is -0.567. The predicted molar refractivity (Wildman–Crippen MR) is 106 cm³/mol. The van der Waals surface area contributed by atoms with E-state index in [-0.39, 0.29) is 10.5 Å². The molecule has 9 nitrogen and oxygen atoms in total. The predicted octanol–water partition coefficient (Wildman–Crippen LogP) is 2.20. The molecule has 0 radical (unpaired) electrons. The summed E-state index contributed by atoms with van der Waals surface area (Å²) < 4.78 is 37.2. The molecule has 10 heteroatoms. The number of benzene rings is 1. The van der Waals surface area contributed by atoms with Gasteiger partial charge in [-0.05, 0) is 37.1 Å². The van der Waals surface area contributed by atoms with Crippen LogP contribution in [0.3, 0.4) is 0 Å². The lowest BCUT2D eigenvalue weighted by Gasteiger charge is -2.29. The van der Waals surface area contributed by atoms with Crippen molar-refractivity contribution in [3.05, 3.63) is 36.0 Å². The Morgan fingerprint density at radius 2 is 1.53 bits per heavy atom. The van der Waals surface area contributed by atoms with Gasteiger partial charge in [0.1, 0.15) is 0 Å². The van der Waals surface area contributed by atoms with Crippen LogP contribution in [0.5, 0.6) is 0 Å². The highest BCUT2D eigenvalue weighted by atomic mass is 32.2. The molecule has 162 valence electrons. The number of cyclic esters (lactones) is 2. The maximum atomic E-state index is 12.5. The molecule has 30 heavy (non-hydrogen) atoms. The van der Waals surface area contributed by atoms with Crippen molar-refractivity contribution in [2.75, 3.05) is 5.32 Å². The fourth-order valence-electron chi connectivity index (χ4n) is 3.35. The number of esters is 2. The Morgan fingerprint density at radius 3 is 2.07 bits per heavy atom. The molecular formula is C20H24N2O7S. The van der Waals surface area contributed by atoms with E-state index in [1.54, 1.807) is 6.92 Å². The molecule has 1 aliphatic carbocycles. The summed E-state index contributed by atoms with van der Waals surface area (Å²) in [6.45, 7) is 4.66. The highest BCUT2D eigenvalue weighted by Crippen LogP contribution is 2.38. The molecule has 1 saturated carbocycles. The van der Waals surface area contributed by atoms with Crippen LogP contribution >= 0.6 is 0 Å². The number of nitrogens with one attached hydrogen (secondary N) is 2. The van der Waals surface area contributed by atoms with Gasteiger partial charge in [-0.15, -0.1) is 0 Å². The number of hydrogen-bond acceptors (Lipinski definition) is 8. The van der Waals surface area contributed by atoms with Gasteiger partial charge in [0.2, 0.25) is 5.91 Å². The highest BCUT2D eigenvalue weighted by molar-refractivity contribution is 7.90. The molecule has 1 aromatic carbocycles. The third kappa shape index (κ3) is 4.64. The maximum Gasteiger partial charge on any atom is 0.350 e. The van der Waals surface area contributed by atoms with E-state index in [4.69, 9.17) is 9.47 Å². The van der Waals surface area contributed by atoms with Crippen LogP contribution in [0, 0.1) is 5.41 Å². The molecule has 0 unspecified atom stereocenters. The summed E-state index contributed by atoms with van der Waals surface area (Å²) in [6, 6.07) is 5.51. The second-order valence-electron chi connectivity index (χ2n) is 8.11. The number of hydrogen-bond donors (Lipinski definition) is 2. The fraction of sp³-hybridized carbons (Fsp3) is 0.450. The Hall–Kier alpha value is -2.88. The van der Waals surface area contributed by atoms with Gasteiger partial charge in [0, 0.05) is 31.1 Å². The first-order valence-corrected chi connectivity index (χ1v) is 11.0. The Labute approximate surface area is 174 Å². The molecule has 1 aromatic rings. The minimum atomic E-state index is -4.01. The monoisotopic (exact) mass is 436 g/mol. The Bertz CT molecular complexity index is 982. The van der Waals surface area contributed by atoms with Gasteiger partial charge in [0.15, 0.2) is 5.57 Å². The number of carbonyl (C=O) groups is 3. The summed E-state index contributed by atoms with van der Waals surface area (Å²) in [5, 5.41) is 2.73. The van der Waals surface area contributed by atoms with Gasteiger partial charge < -0.3 is 14.8 Å². The number of ether oxygens (including phenoxy) is 2. The van der Waals surface area contributed by atoms with Gasteiger partial charge in [0.25, 0.3) is 15.8 Å². The van der Waals surface area contributed by atoms with Crippen molar-refractivity contribution in [3.63, 3.8) is 0 Å². The molecule has 1 amide bonds. The zero-order valence-corrected chi connectivity index (χ0v) is 17.8. The quantitative estimate of drug-likeness (QED) is 0.408. The standard InChI is InChI=1S/C20H24N2O7S/c1-19(2)28-16(23)15(17(24)29-19)12-21-13-6-8-14(9-7-13)30(26,27)22-18(25)20(3)10-4-5-11-20/h6-9,12,21H,4-5,10-11H2,1-3H3,(H,22,25). The first-order valence-electron chi connectivity index (χ1n) is 9.53. The molecule has 0 bridgehead atoms. The van der Waals surface area contributed by atoms with Crippen molar-refractivity contribution in [3.8, 4) is 0 Å². The van der Waals surface area contributed by atoms with E-state index >= 15 is 0 Å². The molecular weight excluding hydrogens is 412 g/mol. The number of amides is 1. The molecule has 1 saturated heterocycles. The van der Waals surface area contributed by atoms with Gasteiger partial charge in [-0.3, -0.25) is 4.79 Å². The summed E-state index contributed by atoms with van der Waals surface area (Å²) in [6.07, 6.45) is 4.25. The average molecular weight is 436 g/mol. The SMILES string of the molecule is CC1(C)OC(=O)C(=CNc2ccc(S(=O)(=O)NC(=O)C3(C)CCCC3)cc2)C(=O)O1. The Balaban J connectivity index is 1.68. The lowest BCUT2D eigenvalue weighted by Crippen LogP contribution is -2.42. The normalized spacial score (nSPS) is 20.2. The molecule has 0 atom stereocenters. The van der Waals surface area contributed by atoms with Crippen molar-refractivity contribution < 1.29 is 32.3 Å². The van der Waals surface area contributed by atoms with Crippen LogP contribution in [0.2, 0.25) is 0 Å². The van der Waals surface area contributed by atoms with E-state index in [1.807, 2.05) is 0 Å². The molecule has 1 aliphatic heterocycles. The molecule has 1 heterocycles. The summed E-state index contributed by atoms with van der Waals surface area (Å²) >= 11 is 0. The Morgan fingerprint density at radius 1 is 1.00 bits per heavy atom. The van der Waals surface area contributed by atoms with Crippen LogP contribution in [0.1, 0.15) is 46.5 Å². The van der Waals surface area contributed by atoms with Gasteiger partial charge in [-0.25, -0.2) is 22.7 Å². The van der Waals surface area contributed by atoms with Crippen molar-refractivity contribution >= 4 is 33.6 Å². The second kappa shape index (κ2) is 7.75. The van der Waals surface area contributed by atoms with Gasteiger partial charge in [-0.2, -0.15) is 0 Å². The summed E-state index contributed by atoms with van der Waals surface area (Å²) in [7, 11) is -4.01. The minimum absolute atomic E-state index is 0.0751. The van der Waals surface area contributed by atoms with Gasteiger partial charge >= 0.3 is 11.9 Å². The molecule has 2 fully saturated rings. The Kier molecular flexibility index (Phi) is 5.64. The van der Waals surface area contributed by atoms with Crippen LogP contribution in [-0.4, -0.2) is 32.1 Å². The van der Waals surface area contributed by atoms with E-state index in [2.05, 4.69) is 10.0 Å². The first-order chi connectivity index (χ1) is 13.9. The van der Waals surface area contributed by atoms with E-state index < -0.39 is 39.1 Å². The van der Waals surface area contributed by atoms with Crippen LogP contribution in [0.15, 0.2) is 40.9 Å². The zero-order chi connectivity index (χ0) is 22.2. The number of anilines is 1. The lowest BCUT2D eigenvalue weighted by molar-refractivity contribution is -0.222. The molecule has 2 N–H and O–H groups in total. The van der Waals surface area contributed by atoms with E-state index in [0.29, 0.717) is 18.5 Å². The molecule has 3 rings (SSSR count). The van der Waals surface area contributed by atoms with Crippen LogP contribution < -0.4 is 10.0 Å². The van der Waals surface area contributed by atoms with Crippen molar-refractivity contribution in [2.24, 2.45) is 5.41 Å². The average Bonchev–Trinajstić information content (AvgIpc) is 3.08. The van der Waals surface area contributed by atoms with Crippen LogP contribution in [0.4, 0.5) is 5.69 Å². The molecule has 2 aliphatic rings. The number of sulfonamides is 1. The van der Waals surface area contributed by atoms with Crippen molar-refractivity contribution in [1.82, 2.24) is 4.72 Å². The zero-order valence-electron chi connectivity index (χ0n) is 17.0. The van der Waals surface area contributed by atoms with Gasteiger partial charge in [-0.1, -0.05) is 19.8 Å². The summed E-state index contributed by atoms with van der Waals surface area (Å²) in [4.78, 5) is 36.2. The highest BCUT2D eigenvalue weighted by Gasteiger charge is 2.39. The fourth-order valence-corrected chi connectivity index (χ4v) is 4.45. The minimum Gasteiger partial charge on any atom is -0.419 e. The number of carbonyl (C=O) groups excluding carboxylic acids is 3. The third-order valence-corrected chi connectivity index (χ3v) is 6.49. The van der Waals surface area contributed by atoms with Crippen molar-refractivity contribution in [1.29, 1.82) is 0 Å². The number of rotatable bonds is 5. The second-order valence-corrected chi connectivity index (χ2v) is 9.79. The smallest absolute Gasteiger partial charge is 0.350 e.